The second-order valence-electron chi connectivity index (χ2n) is 13.3. The number of aliphatic hydroxyl groups is 8. The fourth-order valence-corrected chi connectivity index (χ4v) is 7.55. The minimum Gasteiger partial charge on any atom is -0.493 e. The number of hydrogen-bond acceptors (Lipinski definition) is 19. The normalized spacial score (nSPS) is 35.9. The van der Waals surface area contributed by atoms with E-state index in [4.69, 9.17) is 47.4 Å². The lowest BCUT2D eigenvalue weighted by molar-refractivity contribution is -0.339. The molecule has 19 nitrogen and oxygen atoms in total. The van der Waals surface area contributed by atoms with Crippen molar-refractivity contribution in [2.24, 2.45) is 11.8 Å². The minimum absolute atomic E-state index is 0.104. The van der Waals surface area contributed by atoms with Crippen LogP contribution >= 0.6 is 0 Å². The molecule has 0 aromatic heterocycles. The fourth-order valence-electron chi connectivity index (χ4n) is 7.55. The van der Waals surface area contributed by atoms with Crippen LogP contribution in [-0.4, -0.2) is 163 Å². The topological polar surface area (TPSA) is 271 Å². The Bertz CT molecular complexity index is 1600. The number of fused-ring (bicyclic) bond motifs is 2. The average Bonchev–Trinajstić information content (AvgIpc) is 3.65. The molecule has 2 saturated heterocycles. The third-order valence-electron chi connectivity index (χ3n) is 10.4. The van der Waals surface area contributed by atoms with Gasteiger partial charge in [-0.3, -0.25) is 4.79 Å². The zero-order valence-corrected chi connectivity index (χ0v) is 29.8. The molecule has 300 valence electrons. The highest BCUT2D eigenvalue weighted by Gasteiger charge is 2.53. The summed E-state index contributed by atoms with van der Waals surface area (Å²) in [5.74, 6) is -2.28. The van der Waals surface area contributed by atoms with Crippen LogP contribution in [-0.2, 0) is 28.5 Å². The summed E-state index contributed by atoms with van der Waals surface area (Å²) in [7, 11) is 5.52. The Hall–Kier alpha value is -3.57. The van der Waals surface area contributed by atoms with Gasteiger partial charge in [-0.05, 0) is 41.0 Å². The van der Waals surface area contributed by atoms with Crippen LogP contribution < -0.4 is 23.7 Å². The van der Waals surface area contributed by atoms with Crippen molar-refractivity contribution in [3.8, 4) is 28.7 Å². The average molecular weight is 771 g/mol. The number of ether oxygens (including phenoxy) is 10. The third kappa shape index (κ3) is 7.15. The Morgan fingerprint density at radius 3 is 1.83 bits per heavy atom. The molecule has 6 rings (SSSR count). The first-order valence-electron chi connectivity index (χ1n) is 17.1. The molecule has 3 aliphatic heterocycles. The van der Waals surface area contributed by atoms with E-state index < -0.39 is 111 Å². The number of carbonyl (C=O) groups is 1. The number of carbonyl (C=O) groups excluding carboxylic acids is 1. The maximum Gasteiger partial charge on any atom is 0.310 e. The lowest BCUT2D eigenvalue weighted by atomic mass is 9.65. The van der Waals surface area contributed by atoms with E-state index in [0.29, 0.717) is 45.4 Å². The highest BCUT2D eigenvalue weighted by molar-refractivity contribution is 5.77. The summed E-state index contributed by atoms with van der Waals surface area (Å²) in [6.45, 7) is -2.08. The molecule has 3 heterocycles. The van der Waals surface area contributed by atoms with Gasteiger partial charge in [0.25, 0.3) is 0 Å². The molecule has 54 heavy (non-hydrogen) atoms. The molecule has 14 atom stereocenters. The highest BCUT2D eigenvalue weighted by Crippen LogP contribution is 2.55. The summed E-state index contributed by atoms with van der Waals surface area (Å²) in [6, 6.07) is 6.61. The van der Waals surface area contributed by atoms with Crippen molar-refractivity contribution < 1.29 is 93.0 Å². The quantitative estimate of drug-likeness (QED) is 0.105. The Morgan fingerprint density at radius 1 is 0.704 bits per heavy atom. The number of methoxy groups -OCH3 is 4. The zero-order chi connectivity index (χ0) is 39.0. The summed E-state index contributed by atoms with van der Waals surface area (Å²) in [4.78, 5) is 13.8. The summed E-state index contributed by atoms with van der Waals surface area (Å²) < 4.78 is 56.6. The van der Waals surface area contributed by atoms with Crippen LogP contribution in [0.5, 0.6) is 28.7 Å². The second-order valence-corrected chi connectivity index (χ2v) is 13.3. The van der Waals surface area contributed by atoms with Gasteiger partial charge in [-0.1, -0.05) is 0 Å². The first kappa shape index (κ1) is 40.1. The Balaban J connectivity index is 1.37. The molecular formula is C35H46O19. The Kier molecular flexibility index (Phi) is 12.4. The smallest absolute Gasteiger partial charge is 0.310 e. The van der Waals surface area contributed by atoms with Gasteiger partial charge < -0.3 is 88.2 Å². The van der Waals surface area contributed by atoms with Gasteiger partial charge in [0.1, 0.15) is 48.8 Å². The van der Waals surface area contributed by atoms with Crippen molar-refractivity contribution in [3.63, 3.8) is 0 Å². The minimum atomic E-state index is -1.87. The number of esters is 1. The number of hydrogen-bond donors (Lipinski definition) is 8. The summed E-state index contributed by atoms with van der Waals surface area (Å²) in [5.41, 5.74) is 1.38. The summed E-state index contributed by atoms with van der Waals surface area (Å²) >= 11 is 0. The van der Waals surface area contributed by atoms with E-state index >= 15 is 0 Å². The van der Waals surface area contributed by atoms with Crippen molar-refractivity contribution in [1.29, 1.82) is 0 Å². The van der Waals surface area contributed by atoms with Gasteiger partial charge in [0.05, 0.1) is 53.7 Å². The van der Waals surface area contributed by atoms with Crippen molar-refractivity contribution in [3.05, 3.63) is 41.0 Å². The van der Waals surface area contributed by atoms with Gasteiger partial charge in [0.15, 0.2) is 35.6 Å². The number of benzene rings is 2. The molecule has 1 aliphatic carbocycles. The van der Waals surface area contributed by atoms with Gasteiger partial charge in [-0.2, -0.15) is 0 Å². The molecule has 8 N–H and O–H groups in total. The molecule has 0 spiro atoms. The zero-order valence-electron chi connectivity index (χ0n) is 29.8. The van der Waals surface area contributed by atoms with Gasteiger partial charge in [0, 0.05) is 18.4 Å². The molecule has 0 radical (unpaired) electrons. The van der Waals surface area contributed by atoms with E-state index in [2.05, 4.69) is 0 Å². The first-order chi connectivity index (χ1) is 25.9. The molecule has 19 heteroatoms. The Labute approximate surface area is 309 Å². The van der Waals surface area contributed by atoms with Gasteiger partial charge >= 0.3 is 5.97 Å². The first-order valence-corrected chi connectivity index (χ1v) is 17.1. The molecule has 0 amide bonds. The van der Waals surface area contributed by atoms with Crippen LogP contribution in [0.1, 0.15) is 28.7 Å². The van der Waals surface area contributed by atoms with Crippen LogP contribution in [0.25, 0.3) is 0 Å². The number of aliphatic hydroxyl groups excluding tert-OH is 8. The number of rotatable bonds is 12. The molecule has 2 fully saturated rings. The lowest BCUT2D eigenvalue weighted by Crippen LogP contribution is -2.62. The van der Waals surface area contributed by atoms with E-state index in [1.54, 1.807) is 24.3 Å². The SMILES string of the molecule is COC(=O)[C@@H]1[C@@H](c2cc(OC)c(OC)c(OC)c2)c2cc3c(cc2[C@@H](O[C@H]2O[C@@H](CO[C@@H]4O[C@H](CO)[C@@H](O)[C@H](O)[C@H]4O)[C@H](O)[C@@H](O)[C@@H]2O)[C@H]1CO)OCO3. The molecule has 2 aromatic carbocycles. The summed E-state index contributed by atoms with van der Waals surface area (Å²) in [5, 5.41) is 84.1. The van der Waals surface area contributed by atoms with Crippen molar-refractivity contribution in [1.82, 2.24) is 0 Å². The van der Waals surface area contributed by atoms with Crippen LogP contribution in [0.3, 0.4) is 0 Å². The van der Waals surface area contributed by atoms with Crippen molar-refractivity contribution >= 4 is 5.97 Å². The molecule has 4 aliphatic rings. The van der Waals surface area contributed by atoms with Crippen LogP contribution in [0.4, 0.5) is 0 Å². The van der Waals surface area contributed by atoms with E-state index in [1.807, 2.05) is 0 Å². The molecular weight excluding hydrogens is 724 g/mol. The van der Waals surface area contributed by atoms with Crippen molar-refractivity contribution in [2.45, 2.75) is 73.4 Å². The standard InChI is InChI=1S/C35H46O19/c1-45-19-5-13(6-20(46-2)32(19)47-3)23-14-7-17-18(51-12-50-17)8-15(14)31(16(9-36)24(23)33(44)48-4)54-35-30(43)28(41)26(39)22(53-35)11-49-34-29(42)27(40)25(38)21(10-37)52-34/h5-8,16,21-31,34-43H,9-12H2,1-4H3/t16-,21+,22-,23-,24-,25+,26-,27-,28+,29+,30-,31+,34+,35+/m0/s1. The lowest BCUT2D eigenvalue weighted by Gasteiger charge is -2.46. The van der Waals surface area contributed by atoms with E-state index in [1.165, 1.54) is 28.4 Å². The molecule has 0 unspecified atom stereocenters. The predicted molar refractivity (Wildman–Crippen MR) is 177 cm³/mol. The molecule has 0 saturated carbocycles. The van der Waals surface area contributed by atoms with E-state index in [-0.39, 0.29) is 6.79 Å². The summed E-state index contributed by atoms with van der Waals surface area (Å²) in [6.07, 6.45) is -18.0. The van der Waals surface area contributed by atoms with Crippen LogP contribution in [0.15, 0.2) is 24.3 Å². The largest absolute Gasteiger partial charge is 0.493 e. The highest BCUT2D eigenvalue weighted by atomic mass is 16.7. The monoisotopic (exact) mass is 770 g/mol. The van der Waals surface area contributed by atoms with Crippen LogP contribution in [0.2, 0.25) is 0 Å². The molecule has 0 bridgehead atoms. The van der Waals surface area contributed by atoms with Gasteiger partial charge in [0.2, 0.25) is 12.5 Å². The van der Waals surface area contributed by atoms with Crippen LogP contribution in [0, 0.1) is 11.8 Å². The predicted octanol–water partition coefficient (Wildman–Crippen LogP) is -2.33. The van der Waals surface area contributed by atoms with Crippen molar-refractivity contribution in [2.75, 3.05) is 55.1 Å². The maximum absolute atomic E-state index is 13.8. The van der Waals surface area contributed by atoms with E-state index in [9.17, 15) is 45.6 Å². The Morgan fingerprint density at radius 2 is 1.28 bits per heavy atom. The van der Waals surface area contributed by atoms with E-state index in [0.717, 1.165) is 0 Å². The second kappa shape index (κ2) is 16.7. The maximum atomic E-state index is 13.8. The van der Waals surface area contributed by atoms with Gasteiger partial charge in [-0.15, -0.1) is 0 Å². The van der Waals surface area contributed by atoms with Gasteiger partial charge in [-0.25, -0.2) is 0 Å². The third-order valence-corrected chi connectivity index (χ3v) is 10.4. The fraction of sp³-hybridized carbons (Fsp3) is 0.629. The molecule has 2 aromatic rings.